The van der Waals surface area contributed by atoms with Crippen LogP contribution in [0.2, 0.25) is 0 Å². The summed E-state index contributed by atoms with van der Waals surface area (Å²) in [5.74, 6) is 1.06. The summed E-state index contributed by atoms with van der Waals surface area (Å²) in [5, 5.41) is 10.9. The molecule has 0 unspecified atom stereocenters. The van der Waals surface area contributed by atoms with Gasteiger partial charge in [-0.05, 0) is 84.2 Å². The average Bonchev–Trinajstić information content (AvgIpc) is 2.72. The van der Waals surface area contributed by atoms with Crippen LogP contribution in [0.15, 0.2) is 47.5 Å². The predicted octanol–water partition coefficient (Wildman–Crippen LogP) is 6.60. The van der Waals surface area contributed by atoms with E-state index in [-0.39, 0.29) is 21.6 Å². The zero-order valence-electron chi connectivity index (χ0n) is 18.5. The van der Waals surface area contributed by atoms with E-state index in [4.69, 9.17) is 4.99 Å². The number of aliphatic imine (C=N–C) groups is 1. The minimum Gasteiger partial charge on any atom is -0.286 e. The third kappa shape index (κ3) is 3.57. The first-order valence-electron chi connectivity index (χ1n) is 11.2. The summed E-state index contributed by atoms with van der Waals surface area (Å²) in [7, 11) is 0. The minimum atomic E-state index is -0.362. The Morgan fingerprint density at radius 2 is 1.87 bits per heavy atom. The summed E-state index contributed by atoms with van der Waals surface area (Å²) in [6, 6.07) is 13.8. The van der Waals surface area contributed by atoms with Crippen molar-refractivity contribution in [1.29, 1.82) is 0 Å². The molecule has 1 saturated carbocycles. The number of benzene rings is 2. The van der Waals surface area contributed by atoms with E-state index >= 15 is 0 Å². The lowest BCUT2D eigenvalue weighted by Crippen LogP contribution is -2.52. The van der Waals surface area contributed by atoms with Gasteiger partial charge >= 0.3 is 0 Å². The maximum absolute atomic E-state index is 10.9. The van der Waals surface area contributed by atoms with E-state index in [1.165, 1.54) is 36.0 Å². The van der Waals surface area contributed by atoms with Gasteiger partial charge < -0.3 is 0 Å². The van der Waals surface area contributed by atoms with Crippen LogP contribution in [-0.4, -0.2) is 16.7 Å². The number of nitro benzene ring substituents is 1. The van der Waals surface area contributed by atoms with Crippen molar-refractivity contribution < 1.29 is 4.92 Å². The van der Waals surface area contributed by atoms with Gasteiger partial charge in [-0.3, -0.25) is 15.1 Å². The van der Waals surface area contributed by atoms with Gasteiger partial charge in [0.2, 0.25) is 0 Å². The van der Waals surface area contributed by atoms with Crippen LogP contribution in [0.5, 0.6) is 0 Å². The van der Waals surface area contributed by atoms with E-state index in [0.29, 0.717) is 11.8 Å². The van der Waals surface area contributed by atoms with Crippen molar-refractivity contribution >= 4 is 11.9 Å². The van der Waals surface area contributed by atoms with Crippen molar-refractivity contribution in [3.05, 3.63) is 74.8 Å². The van der Waals surface area contributed by atoms with Gasteiger partial charge in [-0.25, -0.2) is 0 Å². The Bertz CT molecular complexity index is 979. The number of aryl methyl sites for hydroxylation is 1. The highest BCUT2D eigenvalue weighted by molar-refractivity contribution is 5.80. The molecule has 0 spiro atoms. The molecule has 4 nitrogen and oxygen atoms in total. The first-order valence-corrected chi connectivity index (χ1v) is 11.2. The van der Waals surface area contributed by atoms with E-state index in [9.17, 15) is 10.1 Å². The van der Waals surface area contributed by atoms with Crippen LogP contribution in [0.25, 0.3) is 0 Å². The maximum Gasteiger partial charge on any atom is 0.269 e. The molecule has 30 heavy (non-hydrogen) atoms. The standard InChI is InChI=1S/C26H32N2O2/c1-18(2)20-8-12-23-21(16-20)9-13-24-25(23,3)14-5-15-26(24,4)27-17-19-6-10-22(11-7-19)28(29)30/h6-8,10-12,16-18,24H,5,9,13-15H2,1-4H3/t24-,25-,26-/m1/s1. The van der Waals surface area contributed by atoms with Crippen LogP contribution >= 0.6 is 0 Å². The van der Waals surface area contributed by atoms with Crippen molar-refractivity contribution in [2.75, 3.05) is 0 Å². The fourth-order valence-corrected chi connectivity index (χ4v) is 5.90. The van der Waals surface area contributed by atoms with E-state index in [1.54, 1.807) is 24.3 Å². The number of hydrogen-bond acceptors (Lipinski definition) is 3. The lowest BCUT2D eigenvalue weighted by Gasteiger charge is -2.54. The van der Waals surface area contributed by atoms with E-state index in [1.807, 2.05) is 6.21 Å². The molecule has 4 heteroatoms. The Labute approximate surface area is 179 Å². The predicted molar refractivity (Wildman–Crippen MR) is 123 cm³/mol. The van der Waals surface area contributed by atoms with Gasteiger partial charge in [-0.15, -0.1) is 0 Å². The quantitative estimate of drug-likeness (QED) is 0.327. The van der Waals surface area contributed by atoms with E-state index in [2.05, 4.69) is 45.9 Å². The molecule has 0 aliphatic heterocycles. The summed E-state index contributed by atoms with van der Waals surface area (Å²) in [4.78, 5) is 15.6. The highest BCUT2D eigenvalue weighted by atomic mass is 16.6. The maximum atomic E-state index is 10.9. The van der Waals surface area contributed by atoms with E-state index in [0.717, 1.165) is 18.4 Å². The lowest BCUT2D eigenvalue weighted by molar-refractivity contribution is -0.384. The number of nitrogens with zero attached hydrogens (tertiary/aromatic N) is 2. The summed E-state index contributed by atoms with van der Waals surface area (Å²) in [6.45, 7) is 9.28. The molecule has 3 atom stereocenters. The Balaban J connectivity index is 1.64. The molecule has 2 aliphatic carbocycles. The van der Waals surface area contributed by atoms with Crippen LogP contribution in [0.1, 0.15) is 81.5 Å². The van der Waals surface area contributed by atoms with Crippen molar-refractivity contribution in [3.8, 4) is 0 Å². The molecule has 2 aromatic rings. The lowest BCUT2D eigenvalue weighted by atomic mass is 9.52. The first-order chi connectivity index (χ1) is 14.2. The minimum absolute atomic E-state index is 0.108. The molecular formula is C26H32N2O2. The molecule has 0 bridgehead atoms. The Morgan fingerprint density at radius 1 is 1.13 bits per heavy atom. The number of non-ortho nitro benzene ring substituents is 1. The first kappa shape index (κ1) is 20.8. The molecule has 2 aromatic carbocycles. The number of hydrogen-bond donors (Lipinski definition) is 0. The molecule has 158 valence electrons. The zero-order valence-corrected chi connectivity index (χ0v) is 18.5. The summed E-state index contributed by atoms with van der Waals surface area (Å²) >= 11 is 0. The SMILES string of the molecule is CC(C)c1ccc2c(c1)CC[C@H]1[C@](C)(N=Cc3ccc([N+](=O)[O-])cc3)CCC[C@]21C. The molecular weight excluding hydrogens is 372 g/mol. The third-order valence-corrected chi connectivity index (χ3v) is 7.62. The van der Waals surface area contributed by atoms with Crippen molar-refractivity contribution in [2.24, 2.45) is 10.9 Å². The van der Waals surface area contributed by atoms with Crippen molar-refractivity contribution in [3.63, 3.8) is 0 Å². The second kappa shape index (κ2) is 7.64. The van der Waals surface area contributed by atoms with Gasteiger partial charge in [0.15, 0.2) is 0 Å². The molecule has 2 aliphatic rings. The summed E-state index contributed by atoms with van der Waals surface area (Å²) < 4.78 is 0. The third-order valence-electron chi connectivity index (χ3n) is 7.62. The largest absolute Gasteiger partial charge is 0.286 e. The molecule has 4 rings (SSSR count). The van der Waals surface area contributed by atoms with Gasteiger partial charge in [0, 0.05) is 18.3 Å². The normalized spacial score (nSPS) is 28.4. The molecule has 1 fully saturated rings. The number of rotatable bonds is 4. The fourth-order valence-electron chi connectivity index (χ4n) is 5.90. The highest BCUT2D eigenvalue weighted by Crippen LogP contribution is 2.55. The van der Waals surface area contributed by atoms with Crippen molar-refractivity contribution in [1.82, 2.24) is 0 Å². The second-order valence-corrected chi connectivity index (χ2v) is 9.90. The average molecular weight is 405 g/mol. The van der Waals surface area contributed by atoms with Gasteiger partial charge in [-0.1, -0.05) is 45.4 Å². The number of fused-ring (bicyclic) bond motifs is 3. The molecule has 0 amide bonds. The summed E-state index contributed by atoms with van der Waals surface area (Å²) in [5.41, 5.74) is 5.58. The smallest absolute Gasteiger partial charge is 0.269 e. The van der Waals surface area contributed by atoms with Crippen LogP contribution in [0.3, 0.4) is 0 Å². The van der Waals surface area contributed by atoms with Crippen LogP contribution in [0, 0.1) is 16.0 Å². The molecule has 0 N–H and O–H groups in total. The molecule has 0 radical (unpaired) electrons. The fraction of sp³-hybridized carbons (Fsp3) is 0.500. The zero-order chi connectivity index (χ0) is 21.5. The Hall–Kier alpha value is -2.49. The van der Waals surface area contributed by atoms with Gasteiger partial charge in [0.05, 0.1) is 10.5 Å². The monoisotopic (exact) mass is 404 g/mol. The molecule has 0 aromatic heterocycles. The summed E-state index contributed by atoms with van der Waals surface area (Å²) in [6.07, 6.45) is 7.70. The van der Waals surface area contributed by atoms with Gasteiger partial charge in [-0.2, -0.15) is 0 Å². The Morgan fingerprint density at radius 3 is 2.53 bits per heavy atom. The van der Waals surface area contributed by atoms with Gasteiger partial charge in [0.25, 0.3) is 5.69 Å². The van der Waals surface area contributed by atoms with Crippen molar-refractivity contribution in [2.45, 2.75) is 76.7 Å². The van der Waals surface area contributed by atoms with E-state index < -0.39 is 0 Å². The van der Waals surface area contributed by atoms with Crippen LogP contribution in [-0.2, 0) is 11.8 Å². The highest BCUT2D eigenvalue weighted by Gasteiger charge is 2.51. The second-order valence-electron chi connectivity index (χ2n) is 9.90. The number of nitro groups is 1. The van der Waals surface area contributed by atoms with Crippen LogP contribution in [0.4, 0.5) is 5.69 Å². The van der Waals surface area contributed by atoms with Gasteiger partial charge in [0.1, 0.15) is 0 Å². The molecule has 0 heterocycles. The topological polar surface area (TPSA) is 55.5 Å². The molecule has 0 saturated heterocycles. The Kier molecular flexibility index (Phi) is 5.29. The van der Waals surface area contributed by atoms with Crippen LogP contribution < -0.4 is 0 Å².